The Bertz CT molecular complexity index is 218. The zero-order valence-corrected chi connectivity index (χ0v) is 13.8. The lowest BCUT2D eigenvalue weighted by atomic mass is 9.84. The lowest BCUT2D eigenvalue weighted by Gasteiger charge is -2.25. The van der Waals surface area contributed by atoms with E-state index in [0.29, 0.717) is 0 Å². The third-order valence-electron chi connectivity index (χ3n) is 4.79. The fraction of sp³-hybridized carbons (Fsp3) is 0.895. The van der Waals surface area contributed by atoms with E-state index in [0.717, 1.165) is 12.0 Å². The van der Waals surface area contributed by atoms with Gasteiger partial charge in [-0.1, -0.05) is 57.9 Å². The molecule has 1 heteroatoms. The molecule has 0 aromatic carbocycles. The molecule has 1 aliphatic carbocycles. The van der Waals surface area contributed by atoms with Crippen LogP contribution in [0.25, 0.3) is 0 Å². The molecule has 0 aliphatic heterocycles. The van der Waals surface area contributed by atoms with E-state index in [-0.39, 0.29) is 0 Å². The van der Waals surface area contributed by atoms with Crippen molar-refractivity contribution >= 4 is 0 Å². The van der Waals surface area contributed by atoms with Crippen molar-refractivity contribution in [1.82, 2.24) is 5.32 Å². The van der Waals surface area contributed by atoms with E-state index in [9.17, 15) is 0 Å². The van der Waals surface area contributed by atoms with E-state index < -0.39 is 0 Å². The maximum Gasteiger partial charge on any atom is 0.00671 e. The van der Waals surface area contributed by atoms with Crippen LogP contribution in [0.15, 0.2) is 12.7 Å². The third-order valence-corrected chi connectivity index (χ3v) is 4.79. The minimum Gasteiger partial charge on any atom is -0.314 e. The van der Waals surface area contributed by atoms with Gasteiger partial charge >= 0.3 is 0 Å². The Morgan fingerprint density at radius 3 is 2.60 bits per heavy atom. The van der Waals surface area contributed by atoms with Crippen LogP contribution >= 0.6 is 0 Å². The van der Waals surface area contributed by atoms with Crippen molar-refractivity contribution in [2.24, 2.45) is 5.92 Å². The first-order valence-electron chi connectivity index (χ1n) is 9.21. The van der Waals surface area contributed by atoms with Crippen molar-refractivity contribution in [2.45, 2.75) is 96.4 Å². The number of unbranched alkanes of at least 4 members (excludes halogenated alkanes) is 3. The van der Waals surface area contributed by atoms with Gasteiger partial charge < -0.3 is 5.32 Å². The summed E-state index contributed by atoms with van der Waals surface area (Å²) in [5.74, 6) is 1.04. The quantitative estimate of drug-likeness (QED) is 0.349. The molecular formula is C19H37N. The van der Waals surface area contributed by atoms with Gasteiger partial charge in [-0.05, 0) is 51.0 Å². The number of hydrogen-bond donors (Lipinski definition) is 1. The normalized spacial score (nSPS) is 18.1. The Morgan fingerprint density at radius 1 is 1.10 bits per heavy atom. The van der Waals surface area contributed by atoms with E-state index in [4.69, 9.17) is 0 Å². The number of hydrogen-bond acceptors (Lipinski definition) is 1. The van der Waals surface area contributed by atoms with Gasteiger partial charge in [0.1, 0.15) is 0 Å². The second kappa shape index (κ2) is 12.4. The van der Waals surface area contributed by atoms with Crippen LogP contribution in [0.4, 0.5) is 0 Å². The van der Waals surface area contributed by atoms with Crippen molar-refractivity contribution in [2.75, 3.05) is 6.54 Å². The molecule has 118 valence electrons. The molecule has 1 nitrogen and oxygen atoms in total. The average molecular weight is 280 g/mol. The van der Waals surface area contributed by atoms with E-state index in [1.807, 2.05) is 0 Å². The van der Waals surface area contributed by atoms with Gasteiger partial charge in [-0.25, -0.2) is 0 Å². The minimum atomic E-state index is 0.778. The fourth-order valence-electron chi connectivity index (χ4n) is 3.47. The first-order chi connectivity index (χ1) is 9.86. The van der Waals surface area contributed by atoms with Gasteiger partial charge in [0.25, 0.3) is 0 Å². The van der Waals surface area contributed by atoms with Gasteiger partial charge in [0.05, 0.1) is 0 Å². The maximum absolute atomic E-state index is 3.80. The third kappa shape index (κ3) is 8.79. The molecule has 20 heavy (non-hydrogen) atoms. The molecular weight excluding hydrogens is 242 g/mol. The highest BCUT2D eigenvalue weighted by Crippen LogP contribution is 2.28. The van der Waals surface area contributed by atoms with Crippen LogP contribution in [0.1, 0.15) is 90.4 Å². The summed E-state index contributed by atoms with van der Waals surface area (Å²) in [4.78, 5) is 0. The Hall–Kier alpha value is -0.300. The van der Waals surface area contributed by atoms with Crippen LogP contribution in [0, 0.1) is 5.92 Å². The van der Waals surface area contributed by atoms with Crippen LogP contribution < -0.4 is 5.32 Å². The number of rotatable bonds is 12. The molecule has 0 aromatic heterocycles. The SMILES string of the molecule is C=CCCCCCC(CCC1CCCCC1)NCCC. The highest BCUT2D eigenvalue weighted by Gasteiger charge is 2.15. The van der Waals surface area contributed by atoms with E-state index in [2.05, 4.69) is 24.9 Å². The topological polar surface area (TPSA) is 12.0 Å². The van der Waals surface area contributed by atoms with Gasteiger partial charge in [0.2, 0.25) is 0 Å². The van der Waals surface area contributed by atoms with Gasteiger partial charge in [0, 0.05) is 6.04 Å². The Morgan fingerprint density at radius 2 is 1.90 bits per heavy atom. The van der Waals surface area contributed by atoms with Crippen molar-refractivity contribution < 1.29 is 0 Å². The number of nitrogens with one attached hydrogen (secondary N) is 1. The molecule has 1 saturated carbocycles. The largest absolute Gasteiger partial charge is 0.314 e. The molecule has 1 N–H and O–H groups in total. The second-order valence-electron chi connectivity index (χ2n) is 6.66. The van der Waals surface area contributed by atoms with Crippen molar-refractivity contribution in [3.8, 4) is 0 Å². The molecule has 1 unspecified atom stereocenters. The Labute approximate surface area is 127 Å². The van der Waals surface area contributed by atoms with Gasteiger partial charge in [-0.3, -0.25) is 0 Å². The molecule has 0 aromatic rings. The van der Waals surface area contributed by atoms with Crippen LogP contribution in [0.2, 0.25) is 0 Å². The highest BCUT2D eigenvalue weighted by molar-refractivity contribution is 4.73. The lowest BCUT2D eigenvalue weighted by Crippen LogP contribution is -2.30. The van der Waals surface area contributed by atoms with E-state index >= 15 is 0 Å². The van der Waals surface area contributed by atoms with Gasteiger partial charge in [-0.2, -0.15) is 0 Å². The number of allylic oxidation sites excluding steroid dienone is 1. The zero-order valence-electron chi connectivity index (χ0n) is 13.8. The van der Waals surface area contributed by atoms with E-state index in [1.165, 1.54) is 90.0 Å². The molecule has 1 aliphatic rings. The summed E-state index contributed by atoms with van der Waals surface area (Å²) in [6.45, 7) is 7.27. The molecule has 0 heterocycles. The Balaban J connectivity index is 2.14. The summed E-state index contributed by atoms with van der Waals surface area (Å²) in [5.41, 5.74) is 0. The summed E-state index contributed by atoms with van der Waals surface area (Å²) in [7, 11) is 0. The van der Waals surface area contributed by atoms with Crippen LogP contribution in [-0.4, -0.2) is 12.6 Å². The van der Waals surface area contributed by atoms with Crippen LogP contribution in [-0.2, 0) is 0 Å². The average Bonchev–Trinajstić information content (AvgIpc) is 2.50. The first kappa shape index (κ1) is 17.8. The predicted molar refractivity (Wildman–Crippen MR) is 91.2 cm³/mol. The zero-order chi connectivity index (χ0) is 14.5. The lowest BCUT2D eigenvalue weighted by molar-refractivity contribution is 0.306. The molecule has 1 rings (SSSR count). The molecule has 0 spiro atoms. The van der Waals surface area contributed by atoms with Crippen LogP contribution in [0.5, 0.6) is 0 Å². The van der Waals surface area contributed by atoms with Crippen molar-refractivity contribution in [3.05, 3.63) is 12.7 Å². The molecule has 1 fully saturated rings. The van der Waals surface area contributed by atoms with Crippen molar-refractivity contribution in [1.29, 1.82) is 0 Å². The molecule has 0 bridgehead atoms. The first-order valence-corrected chi connectivity index (χ1v) is 9.21. The smallest absolute Gasteiger partial charge is 0.00671 e. The predicted octanol–water partition coefficient (Wildman–Crippen LogP) is 5.85. The summed E-state index contributed by atoms with van der Waals surface area (Å²) in [6, 6.07) is 0.778. The monoisotopic (exact) mass is 279 g/mol. The molecule has 1 atom stereocenters. The summed E-state index contributed by atoms with van der Waals surface area (Å²) >= 11 is 0. The second-order valence-corrected chi connectivity index (χ2v) is 6.66. The van der Waals surface area contributed by atoms with E-state index in [1.54, 1.807) is 0 Å². The Kier molecular flexibility index (Phi) is 11.0. The maximum atomic E-state index is 3.80. The van der Waals surface area contributed by atoms with Gasteiger partial charge in [0.15, 0.2) is 0 Å². The molecule has 0 amide bonds. The summed E-state index contributed by atoms with van der Waals surface area (Å²) in [6.07, 6.45) is 20.3. The molecule has 0 saturated heterocycles. The van der Waals surface area contributed by atoms with Gasteiger partial charge in [-0.15, -0.1) is 6.58 Å². The van der Waals surface area contributed by atoms with Crippen molar-refractivity contribution in [3.63, 3.8) is 0 Å². The summed E-state index contributed by atoms with van der Waals surface area (Å²) in [5, 5.41) is 3.78. The highest BCUT2D eigenvalue weighted by atomic mass is 14.9. The summed E-state index contributed by atoms with van der Waals surface area (Å²) < 4.78 is 0. The fourth-order valence-corrected chi connectivity index (χ4v) is 3.47. The molecule has 0 radical (unpaired) electrons. The van der Waals surface area contributed by atoms with Crippen LogP contribution in [0.3, 0.4) is 0 Å². The standard InChI is InChI=1S/C19H37N/c1-3-5-6-7-11-14-19(20-17-4-2)16-15-18-12-9-8-10-13-18/h3,18-20H,1,4-17H2,2H3. The minimum absolute atomic E-state index is 0.778.